The quantitative estimate of drug-likeness (QED) is 0.896. The van der Waals surface area contributed by atoms with Crippen molar-refractivity contribution in [1.29, 1.82) is 0 Å². The van der Waals surface area contributed by atoms with Crippen molar-refractivity contribution in [3.63, 3.8) is 0 Å². The van der Waals surface area contributed by atoms with Crippen molar-refractivity contribution in [1.82, 2.24) is 0 Å². The number of aliphatic hydroxyl groups is 1. The first kappa shape index (κ1) is 11.1. The van der Waals surface area contributed by atoms with Gasteiger partial charge in [0.15, 0.2) is 0 Å². The molecule has 2 nitrogen and oxygen atoms in total. The van der Waals surface area contributed by atoms with Crippen molar-refractivity contribution in [3.8, 4) is 0 Å². The van der Waals surface area contributed by atoms with E-state index in [0.717, 1.165) is 23.1 Å². The minimum Gasteiger partial charge on any atom is -0.388 e. The second-order valence-electron chi connectivity index (χ2n) is 4.09. The maximum Gasteiger partial charge on any atom is 0.0851 e. The van der Waals surface area contributed by atoms with Crippen molar-refractivity contribution >= 4 is 15.9 Å². The summed E-state index contributed by atoms with van der Waals surface area (Å²) in [6.45, 7) is 3.48. The molecule has 1 aliphatic heterocycles. The van der Waals surface area contributed by atoms with Gasteiger partial charge in [-0.05, 0) is 30.5 Å². The van der Waals surface area contributed by atoms with Crippen molar-refractivity contribution in [2.75, 3.05) is 13.2 Å². The molecule has 0 saturated carbocycles. The molecule has 1 N–H and O–H groups in total. The van der Waals surface area contributed by atoms with E-state index in [-0.39, 0.29) is 5.92 Å². The summed E-state index contributed by atoms with van der Waals surface area (Å²) >= 11 is 3.49. The molecule has 2 unspecified atom stereocenters. The maximum atomic E-state index is 10.2. The highest BCUT2D eigenvalue weighted by Gasteiger charge is 2.26. The summed E-state index contributed by atoms with van der Waals surface area (Å²) in [6, 6.07) is 6.05. The molecule has 1 saturated heterocycles. The third kappa shape index (κ3) is 2.41. The predicted octanol–water partition coefficient (Wildman–Crippen LogP) is 2.83. The molecule has 0 radical (unpaired) electrons. The van der Waals surface area contributed by atoms with E-state index < -0.39 is 6.10 Å². The normalized spacial score (nSPS) is 23.0. The van der Waals surface area contributed by atoms with Gasteiger partial charge in [-0.2, -0.15) is 0 Å². The Morgan fingerprint density at radius 3 is 2.93 bits per heavy atom. The molecule has 3 heteroatoms. The van der Waals surface area contributed by atoms with Crippen LogP contribution in [0.3, 0.4) is 0 Å². The van der Waals surface area contributed by atoms with Gasteiger partial charge < -0.3 is 9.84 Å². The zero-order chi connectivity index (χ0) is 10.8. The first-order valence-electron chi connectivity index (χ1n) is 5.20. The lowest BCUT2D eigenvalue weighted by atomic mass is 9.95. The molecular formula is C12H15BrO2. The van der Waals surface area contributed by atoms with Gasteiger partial charge in [0.05, 0.1) is 12.7 Å². The molecule has 0 amide bonds. The molecule has 0 aliphatic carbocycles. The smallest absolute Gasteiger partial charge is 0.0851 e. The molecular weight excluding hydrogens is 256 g/mol. The zero-order valence-electron chi connectivity index (χ0n) is 8.74. The van der Waals surface area contributed by atoms with Crippen LogP contribution in [0.2, 0.25) is 0 Å². The summed E-state index contributed by atoms with van der Waals surface area (Å²) in [5.74, 6) is 0.240. The standard InChI is InChI=1S/C12H15BrO2/c1-8-2-3-10(11(13)6-8)12(14)9-4-5-15-7-9/h2-3,6,9,12,14H,4-5,7H2,1H3. The van der Waals surface area contributed by atoms with E-state index >= 15 is 0 Å². The summed E-state index contributed by atoms with van der Waals surface area (Å²) in [5, 5.41) is 10.2. The van der Waals surface area contributed by atoms with Crippen molar-refractivity contribution in [3.05, 3.63) is 33.8 Å². The van der Waals surface area contributed by atoms with Gasteiger partial charge in [0, 0.05) is 17.0 Å². The topological polar surface area (TPSA) is 29.5 Å². The Balaban J connectivity index is 2.20. The molecule has 82 valence electrons. The van der Waals surface area contributed by atoms with E-state index in [2.05, 4.69) is 15.9 Å². The molecule has 0 bridgehead atoms. The lowest BCUT2D eigenvalue weighted by molar-refractivity contribution is 0.0913. The Hall–Kier alpha value is -0.380. The number of hydrogen-bond acceptors (Lipinski definition) is 2. The summed E-state index contributed by atoms with van der Waals surface area (Å²) in [5.41, 5.74) is 2.16. The summed E-state index contributed by atoms with van der Waals surface area (Å²) in [4.78, 5) is 0. The monoisotopic (exact) mass is 270 g/mol. The molecule has 1 aliphatic rings. The Bertz CT molecular complexity index is 345. The highest BCUT2D eigenvalue weighted by atomic mass is 79.9. The highest BCUT2D eigenvalue weighted by Crippen LogP contribution is 2.33. The molecule has 1 aromatic rings. The van der Waals surface area contributed by atoms with Crippen LogP contribution >= 0.6 is 15.9 Å². The number of aliphatic hydroxyl groups excluding tert-OH is 1. The number of benzene rings is 1. The van der Waals surface area contributed by atoms with E-state index in [9.17, 15) is 5.11 Å². The van der Waals surface area contributed by atoms with Crippen molar-refractivity contribution in [2.45, 2.75) is 19.4 Å². The van der Waals surface area contributed by atoms with Crippen LogP contribution in [0.25, 0.3) is 0 Å². The molecule has 15 heavy (non-hydrogen) atoms. The first-order chi connectivity index (χ1) is 7.18. The van der Waals surface area contributed by atoms with Crippen molar-refractivity contribution < 1.29 is 9.84 Å². The highest BCUT2D eigenvalue weighted by molar-refractivity contribution is 9.10. The van der Waals surface area contributed by atoms with Gasteiger partial charge >= 0.3 is 0 Å². The average molecular weight is 271 g/mol. The fourth-order valence-electron chi connectivity index (χ4n) is 1.93. The molecule has 1 aromatic carbocycles. The second-order valence-corrected chi connectivity index (χ2v) is 4.95. The van der Waals surface area contributed by atoms with E-state index in [0.29, 0.717) is 6.61 Å². The minimum absolute atomic E-state index is 0.240. The largest absolute Gasteiger partial charge is 0.388 e. The van der Waals surface area contributed by atoms with E-state index in [1.165, 1.54) is 5.56 Å². The van der Waals surface area contributed by atoms with Gasteiger partial charge in [0.2, 0.25) is 0 Å². The van der Waals surface area contributed by atoms with Gasteiger partial charge in [-0.3, -0.25) is 0 Å². The molecule has 1 heterocycles. The number of ether oxygens (including phenoxy) is 1. The summed E-state index contributed by atoms with van der Waals surface area (Å²) in [7, 11) is 0. The van der Waals surface area contributed by atoms with Crippen LogP contribution in [-0.4, -0.2) is 18.3 Å². The lowest BCUT2D eigenvalue weighted by Gasteiger charge is -2.18. The van der Waals surface area contributed by atoms with Crippen LogP contribution in [0, 0.1) is 12.8 Å². The van der Waals surface area contributed by atoms with E-state index in [1.807, 2.05) is 25.1 Å². The van der Waals surface area contributed by atoms with Gasteiger partial charge in [0.25, 0.3) is 0 Å². The Morgan fingerprint density at radius 2 is 2.33 bits per heavy atom. The van der Waals surface area contributed by atoms with Crippen LogP contribution in [0.1, 0.15) is 23.7 Å². The van der Waals surface area contributed by atoms with Gasteiger partial charge in [-0.15, -0.1) is 0 Å². The SMILES string of the molecule is Cc1ccc(C(O)C2CCOC2)c(Br)c1. The fraction of sp³-hybridized carbons (Fsp3) is 0.500. The van der Waals surface area contributed by atoms with Gasteiger partial charge in [0.1, 0.15) is 0 Å². The Morgan fingerprint density at radius 1 is 1.53 bits per heavy atom. The lowest BCUT2D eigenvalue weighted by Crippen LogP contribution is -2.13. The van der Waals surface area contributed by atoms with Gasteiger partial charge in [-0.1, -0.05) is 28.1 Å². The Kier molecular flexibility index (Phi) is 3.44. The predicted molar refractivity (Wildman–Crippen MR) is 62.8 cm³/mol. The summed E-state index contributed by atoms with van der Waals surface area (Å²) < 4.78 is 6.28. The maximum absolute atomic E-state index is 10.2. The number of hydrogen-bond donors (Lipinski definition) is 1. The Labute approximate surface area is 98.4 Å². The minimum atomic E-state index is -0.414. The number of rotatable bonds is 2. The number of aryl methyl sites for hydroxylation is 1. The van der Waals surface area contributed by atoms with Crippen LogP contribution in [0.4, 0.5) is 0 Å². The molecule has 2 rings (SSSR count). The third-order valence-electron chi connectivity index (χ3n) is 2.89. The molecule has 1 fully saturated rings. The van der Waals surface area contributed by atoms with Crippen LogP contribution in [-0.2, 0) is 4.74 Å². The van der Waals surface area contributed by atoms with Crippen LogP contribution in [0.5, 0.6) is 0 Å². The zero-order valence-corrected chi connectivity index (χ0v) is 10.3. The van der Waals surface area contributed by atoms with Crippen LogP contribution in [0.15, 0.2) is 22.7 Å². The third-order valence-corrected chi connectivity index (χ3v) is 3.57. The van der Waals surface area contributed by atoms with Crippen molar-refractivity contribution in [2.24, 2.45) is 5.92 Å². The molecule has 2 atom stereocenters. The van der Waals surface area contributed by atoms with E-state index in [1.54, 1.807) is 0 Å². The van der Waals surface area contributed by atoms with Gasteiger partial charge in [-0.25, -0.2) is 0 Å². The average Bonchev–Trinajstić information content (AvgIpc) is 2.69. The van der Waals surface area contributed by atoms with E-state index in [4.69, 9.17) is 4.74 Å². The molecule has 0 spiro atoms. The fourth-order valence-corrected chi connectivity index (χ4v) is 2.66. The second kappa shape index (κ2) is 4.64. The first-order valence-corrected chi connectivity index (χ1v) is 5.99. The van der Waals surface area contributed by atoms with Crippen LogP contribution < -0.4 is 0 Å². The number of halogens is 1. The molecule has 0 aromatic heterocycles. The summed E-state index contributed by atoms with van der Waals surface area (Å²) in [6.07, 6.45) is 0.532.